The number of rotatable bonds is 6. The van der Waals surface area contributed by atoms with Crippen LogP contribution in [0.15, 0.2) is 18.7 Å². The zero-order valence-electron chi connectivity index (χ0n) is 8.57. The van der Waals surface area contributed by atoms with E-state index in [0.29, 0.717) is 0 Å². The van der Waals surface area contributed by atoms with Crippen molar-refractivity contribution in [1.29, 1.82) is 0 Å². The molecule has 1 aromatic heterocycles. The Labute approximate surface area is 85.0 Å². The Kier molecular flexibility index (Phi) is 4.98. The molecule has 0 N–H and O–H groups in total. The molecule has 0 aliphatic heterocycles. The van der Waals surface area contributed by atoms with Crippen molar-refractivity contribution in [3.63, 3.8) is 0 Å². The second kappa shape index (κ2) is 6.08. The van der Waals surface area contributed by atoms with E-state index in [2.05, 4.69) is 41.7 Å². The monoisotopic (exact) mass is 199 g/mol. The maximum Gasteiger partial charge on any atom is 0.244 e. The van der Waals surface area contributed by atoms with E-state index in [1.165, 1.54) is 18.6 Å². The largest absolute Gasteiger partial charge is 0.244 e. The van der Waals surface area contributed by atoms with Crippen LogP contribution in [0, 0.1) is 0 Å². The Hall–Kier alpha value is -0.440. The molecule has 1 aromatic rings. The Balaban J connectivity index is 2.31. The van der Waals surface area contributed by atoms with Crippen LogP contribution in [-0.4, -0.2) is 10.3 Å². The molecule has 1 heterocycles. The zero-order valence-corrected chi connectivity index (χ0v) is 9.39. The molecule has 0 aliphatic rings. The van der Waals surface area contributed by atoms with Gasteiger partial charge in [0.05, 0.1) is 6.54 Å². The number of nitrogens with zero attached hydrogens (tertiary/aromatic N) is 2. The predicted molar refractivity (Wildman–Crippen MR) is 57.7 cm³/mol. The van der Waals surface area contributed by atoms with Crippen molar-refractivity contribution in [1.82, 2.24) is 4.57 Å². The van der Waals surface area contributed by atoms with Gasteiger partial charge in [-0.3, -0.25) is 0 Å². The first-order chi connectivity index (χ1) is 6.36. The third-order valence-electron chi connectivity index (χ3n) is 1.82. The number of aromatic nitrogens is 2. The summed E-state index contributed by atoms with van der Waals surface area (Å²) in [6, 6.07) is 0. The van der Waals surface area contributed by atoms with Crippen LogP contribution < -0.4 is 4.57 Å². The predicted octanol–water partition coefficient (Wildman–Crippen LogP) is 2.29. The third-order valence-corrected chi connectivity index (χ3v) is 2.99. The normalized spacial score (nSPS) is 10.6. The highest BCUT2D eigenvalue weighted by atomic mass is 32.2. The van der Waals surface area contributed by atoms with Crippen molar-refractivity contribution in [2.24, 2.45) is 0 Å². The van der Waals surface area contributed by atoms with Crippen LogP contribution >= 0.6 is 11.8 Å². The summed E-state index contributed by atoms with van der Waals surface area (Å²) in [4.78, 5) is 0. The Morgan fingerprint density at radius 2 is 2.15 bits per heavy atom. The van der Waals surface area contributed by atoms with Crippen molar-refractivity contribution in [2.75, 3.05) is 5.75 Å². The fourth-order valence-corrected chi connectivity index (χ4v) is 2.00. The fourth-order valence-electron chi connectivity index (χ4n) is 1.22. The van der Waals surface area contributed by atoms with Gasteiger partial charge in [0.25, 0.3) is 0 Å². The van der Waals surface area contributed by atoms with E-state index in [4.69, 9.17) is 0 Å². The molecule has 74 valence electrons. The first-order valence-electron chi connectivity index (χ1n) is 4.99. The average molecular weight is 199 g/mol. The van der Waals surface area contributed by atoms with Crippen LogP contribution in [0.1, 0.15) is 26.7 Å². The summed E-state index contributed by atoms with van der Waals surface area (Å²) >= 11 is 1.99. The zero-order chi connectivity index (χ0) is 9.52. The van der Waals surface area contributed by atoms with Gasteiger partial charge >= 0.3 is 0 Å². The summed E-state index contributed by atoms with van der Waals surface area (Å²) in [5.74, 6) is 2.34. The summed E-state index contributed by atoms with van der Waals surface area (Å²) in [6.45, 7) is 5.56. The van der Waals surface area contributed by atoms with Crippen LogP contribution in [0.3, 0.4) is 0 Å². The highest BCUT2D eigenvalue weighted by Gasteiger charge is 2.01. The van der Waals surface area contributed by atoms with Crippen LogP contribution in [-0.2, 0) is 12.4 Å². The standard InChI is InChI=1S/C10H19N2S/c1-3-5-11-6-7-12(9-11)10-13-8-4-2/h6-7,9H,3-5,8,10H2,1-2H3/q+1. The second-order valence-corrected chi connectivity index (χ2v) is 4.28. The molecule has 0 saturated heterocycles. The van der Waals surface area contributed by atoms with Crippen molar-refractivity contribution < 1.29 is 4.57 Å². The van der Waals surface area contributed by atoms with E-state index < -0.39 is 0 Å². The van der Waals surface area contributed by atoms with Crippen molar-refractivity contribution in [3.05, 3.63) is 18.7 Å². The molecule has 0 atom stereocenters. The summed E-state index contributed by atoms with van der Waals surface area (Å²) in [5.41, 5.74) is 0. The van der Waals surface area contributed by atoms with Crippen molar-refractivity contribution >= 4 is 11.8 Å². The average Bonchev–Trinajstić information content (AvgIpc) is 2.54. The molecular weight excluding hydrogens is 180 g/mol. The quantitative estimate of drug-likeness (QED) is 0.504. The molecule has 0 bridgehead atoms. The SMILES string of the molecule is CCCSC[n+]1ccn(CCC)c1. The summed E-state index contributed by atoms with van der Waals surface area (Å²) < 4.78 is 4.49. The lowest BCUT2D eigenvalue weighted by molar-refractivity contribution is -0.675. The summed E-state index contributed by atoms with van der Waals surface area (Å²) in [5, 5.41) is 0. The minimum Gasteiger partial charge on any atom is -0.237 e. The molecule has 0 fully saturated rings. The molecule has 0 amide bonds. The van der Waals surface area contributed by atoms with Crippen molar-refractivity contribution in [2.45, 2.75) is 39.1 Å². The summed E-state index contributed by atoms with van der Waals surface area (Å²) in [7, 11) is 0. The van der Waals surface area contributed by atoms with Crippen LogP contribution in [0.25, 0.3) is 0 Å². The number of thioether (sulfide) groups is 1. The molecule has 2 nitrogen and oxygen atoms in total. The highest BCUT2D eigenvalue weighted by molar-refractivity contribution is 7.98. The van der Waals surface area contributed by atoms with E-state index in [-0.39, 0.29) is 0 Å². The Bertz CT molecular complexity index is 233. The van der Waals surface area contributed by atoms with Gasteiger partial charge in [-0.15, -0.1) is 11.8 Å². The van der Waals surface area contributed by atoms with Gasteiger partial charge in [0.2, 0.25) is 6.33 Å². The molecule has 0 aromatic carbocycles. The van der Waals surface area contributed by atoms with Crippen LogP contribution in [0.2, 0.25) is 0 Å². The Morgan fingerprint density at radius 3 is 2.85 bits per heavy atom. The number of hydrogen-bond donors (Lipinski definition) is 0. The van der Waals surface area contributed by atoms with Crippen molar-refractivity contribution in [3.8, 4) is 0 Å². The minimum atomic E-state index is 1.09. The molecule has 13 heavy (non-hydrogen) atoms. The first-order valence-corrected chi connectivity index (χ1v) is 6.14. The van der Waals surface area contributed by atoms with Crippen LogP contribution in [0.4, 0.5) is 0 Å². The van der Waals surface area contributed by atoms with Crippen LogP contribution in [0.5, 0.6) is 0 Å². The van der Waals surface area contributed by atoms with Gasteiger partial charge in [0, 0.05) is 0 Å². The van der Waals surface area contributed by atoms with Gasteiger partial charge in [0.1, 0.15) is 18.3 Å². The lowest BCUT2D eigenvalue weighted by Gasteiger charge is -1.94. The van der Waals surface area contributed by atoms with Gasteiger partial charge in [-0.1, -0.05) is 13.8 Å². The van der Waals surface area contributed by atoms with Gasteiger partial charge in [0.15, 0.2) is 0 Å². The first kappa shape index (κ1) is 10.6. The number of aryl methyl sites for hydroxylation is 1. The Morgan fingerprint density at radius 1 is 1.31 bits per heavy atom. The van der Waals surface area contributed by atoms with Gasteiger partial charge in [-0.2, -0.15) is 0 Å². The molecule has 0 spiro atoms. The van der Waals surface area contributed by atoms with E-state index in [9.17, 15) is 0 Å². The number of hydrogen-bond acceptors (Lipinski definition) is 1. The topological polar surface area (TPSA) is 8.81 Å². The lowest BCUT2D eigenvalue weighted by atomic mass is 10.5. The minimum absolute atomic E-state index is 1.09. The number of imidazole rings is 1. The van der Waals surface area contributed by atoms with E-state index >= 15 is 0 Å². The summed E-state index contributed by atoms with van der Waals surface area (Å²) in [6.07, 6.45) is 8.96. The fraction of sp³-hybridized carbons (Fsp3) is 0.700. The molecule has 3 heteroatoms. The lowest BCUT2D eigenvalue weighted by Crippen LogP contribution is -2.29. The molecule has 0 radical (unpaired) electrons. The van der Waals surface area contributed by atoms with E-state index in [1.807, 2.05) is 11.8 Å². The molecule has 0 aliphatic carbocycles. The maximum absolute atomic E-state index is 2.25. The molecule has 0 saturated carbocycles. The van der Waals surface area contributed by atoms with E-state index in [0.717, 1.165) is 12.4 Å². The third kappa shape index (κ3) is 3.85. The van der Waals surface area contributed by atoms with Gasteiger partial charge in [-0.05, 0) is 18.6 Å². The van der Waals surface area contributed by atoms with E-state index in [1.54, 1.807) is 0 Å². The molecule has 1 rings (SSSR count). The van der Waals surface area contributed by atoms with Gasteiger partial charge < -0.3 is 0 Å². The smallest absolute Gasteiger partial charge is 0.237 e. The second-order valence-electron chi connectivity index (χ2n) is 3.20. The molecule has 0 unspecified atom stereocenters. The highest BCUT2D eigenvalue weighted by Crippen LogP contribution is 2.01. The van der Waals surface area contributed by atoms with Gasteiger partial charge in [-0.25, -0.2) is 9.13 Å². The molecular formula is C10H19N2S+. The maximum atomic E-state index is 2.25.